The van der Waals surface area contributed by atoms with Crippen LogP contribution in [0.15, 0.2) is 0 Å². The number of aliphatic hydroxyl groups excluding tert-OH is 1. The van der Waals surface area contributed by atoms with Crippen LogP contribution in [0, 0.1) is 17.8 Å². The number of hydrogen-bond acceptors (Lipinski definition) is 1. The van der Waals surface area contributed by atoms with Crippen molar-refractivity contribution in [1.29, 1.82) is 0 Å². The molecule has 0 radical (unpaired) electrons. The van der Waals surface area contributed by atoms with Crippen LogP contribution in [-0.4, -0.2) is 16.5 Å². The second-order valence-electron chi connectivity index (χ2n) is 4.79. The van der Waals surface area contributed by atoms with Crippen LogP contribution in [0.25, 0.3) is 0 Å². The highest BCUT2D eigenvalue weighted by Crippen LogP contribution is 2.44. The lowest BCUT2D eigenvalue weighted by Gasteiger charge is -2.40. The number of halogens is 1. The molecule has 2 saturated carbocycles. The molecule has 0 aromatic rings. The van der Waals surface area contributed by atoms with E-state index in [9.17, 15) is 0 Å². The van der Waals surface area contributed by atoms with Gasteiger partial charge in [-0.3, -0.25) is 0 Å². The standard InChI is InChI=1S/C11H19BrO/c12-11-4-3-9-5-8(7-13)1-2-10(9)6-11/h8-11,13H,1-7H2. The summed E-state index contributed by atoms with van der Waals surface area (Å²) in [5, 5.41) is 9.12. The van der Waals surface area contributed by atoms with Gasteiger partial charge in [0, 0.05) is 11.4 Å². The van der Waals surface area contributed by atoms with Gasteiger partial charge in [-0.25, -0.2) is 0 Å². The minimum atomic E-state index is 0.418. The molecule has 0 heterocycles. The first kappa shape index (κ1) is 9.97. The Kier molecular flexibility index (Phi) is 3.31. The first-order chi connectivity index (χ1) is 6.29. The van der Waals surface area contributed by atoms with Crippen molar-refractivity contribution in [2.24, 2.45) is 17.8 Å². The Morgan fingerprint density at radius 3 is 2.46 bits per heavy atom. The monoisotopic (exact) mass is 246 g/mol. The molecule has 76 valence electrons. The molecule has 2 aliphatic carbocycles. The lowest BCUT2D eigenvalue weighted by atomic mass is 9.68. The molecule has 0 saturated heterocycles. The maximum Gasteiger partial charge on any atom is 0.0459 e. The second-order valence-corrected chi connectivity index (χ2v) is 6.09. The fourth-order valence-electron chi connectivity index (χ4n) is 3.09. The van der Waals surface area contributed by atoms with E-state index < -0.39 is 0 Å². The first-order valence-corrected chi connectivity index (χ1v) is 6.46. The number of hydrogen-bond donors (Lipinski definition) is 1. The van der Waals surface area contributed by atoms with Crippen LogP contribution < -0.4 is 0 Å². The van der Waals surface area contributed by atoms with Gasteiger partial charge >= 0.3 is 0 Å². The molecular formula is C11H19BrO. The van der Waals surface area contributed by atoms with Gasteiger partial charge in [-0.05, 0) is 56.3 Å². The molecule has 2 heteroatoms. The van der Waals surface area contributed by atoms with Crippen LogP contribution in [0.2, 0.25) is 0 Å². The van der Waals surface area contributed by atoms with E-state index in [4.69, 9.17) is 5.11 Å². The van der Waals surface area contributed by atoms with Crippen molar-refractivity contribution in [3.05, 3.63) is 0 Å². The van der Waals surface area contributed by atoms with Gasteiger partial charge in [0.2, 0.25) is 0 Å². The summed E-state index contributed by atoms with van der Waals surface area (Å²) in [7, 11) is 0. The SMILES string of the molecule is OCC1CCC2CC(Br)CCC2C1. The Morgan fingerprint density at radius 1 is 1.00 bits per heavy atom. The molecule has 2 fully saturated rings. The van der Waals surface area contributed by atoms with E-state index in [0.717, 1.165) is 16.7 Å². The third-order valence-corrected chi connectivity index (χ3v) is 4.75. The number of fused-ring (bicyclic) bond motifs is 1. The highest BCUT2D eigenvalue weighted by molar-refractivity contribution is 9.09. The Morgan fingerprint density at radius 2 is 1.69 bits per heavy atom. The summed E-state index contributed by atoms with van der Waals surface area (Å²) >= 11 is 3.73. The molecule has 2 aliphatic rings. The molecule has 0 aliphatic heterocycles. The lowest BCUT2D eigenvalue weighted by Crippen LogP contribution is -2.32. The lowest BCUT2D eigenvalue weighted by molar-refractivity contribution is 0.0951. The normalized spacial score (nSPS) is 45.7. The third kappa shape index (κ3) is 2.27. The molecular weight excluding hydrogens is 228 g/mol. The van der Waals surface area contributed by atoms with Crippen molar-refractivity contribution in [3.63, 3.8) is 0 Å². The minimum Gasteiger partial charge on any atom is -0.396 e. The van der Waals surface area contributed by atoms with Crippen LogP contribution in [0.1, 0.15) is 38.5 Å². The molecule has 1 N–H and O–H groups in total. The highest BCUT2D eigenvalue weighted by Gasteiger charge is 2.34. The van der Waals surface area contributed by atoms with Crippen LogP contribution in [0.3, 0.4) is 0 Å². The van der Waals surface area contributed by atoms with Crippen molar-refractivity contribution in [1.82, 2.24) is 0 Å². The van der Waals surface area contributed by atoms with Gasteiger partial charge in [-0.2, -0.15) is 0 Å². The minimum absolute atomic E-state index is 0.418. The number of alkyl halides is 1. The Labute approximate surface area is 89.0 Å². The Balaban J connectivity index is 1.90. The van der Waals surface area contributed by atoms with Crippen molar-refractivity contribution in [2.45, 2.75) is 43.4 Å². The van der Waals surface area contributed by atoms with Crippen LogP contribution in [0.5, 0.6) is 0 Å². The van der Waals surface area contributed by atoms with Crippen molar-refractivity contribution in [2.75, 3.05) is 6.61 Å². The fraction of sp³-hybridized carbons (Fsp3) is 1.00. The van der Waals surface area contributed by atoms with Gasteiger partial charge in [0.15, 0.2) is 0 Å². The van der Waals surface area contributed by atoms with Crippen LogP contribution in [0.4, 0.5) is 0 Å². The van der Waals surface area contributed by atoms with Gasteiger partial charge in [-0.1, -0.05) is 15.9 Å². The number of aliphatic hydroxyl groups is 1. The predicted molar refractivity (Wildman–Crippen MR) is 58.0 cm³/mol. The highest BCUT2D eigenvalue weighted by atomic mass is 79.9. The first-order valence-electron chi connectivity index (χ1n) is 5.54. The van der Waals surface area contributed by atoms with Gasteiger partial charge in [0.1, 0.15) is 0 Å². The van der Waals surface area contributed by atoms with Gasteiger partial charge in [-0.15, -0.1) is 0 Å². The molecule has 0 spiro atoms. The summed E-state index contributed by atoms with van der Waals surface area (Å²) in [5.74, 6) is 2.51. The van der Waals surface area contributed by atoms with Crippen molar-refractivity contribution in [3.8, 4) is 0 Å². The van der Waals surface area contributed by atoms with E-state index in [1.807, 2.05) is 0 Å². The zero-order chi connectivity index (χ0) is 9.26. The largest absolute Gasteiger partial charge is 0.396 e. The fourth-order valence-corrected chi connectivity index (χ4v) is 3.84. The zero-order valence-electron chi connectivity index (χ0n) is 8.08. The zero-order valence-corrected chi connectivity index (χ0v) is 9.67. The Bertz CT molecular complexity index is 171. The van der Waals surface area contributed by atoms with Crippen LogP contribution >= 0.6 is 15.9 Å². The molecule has 2 rings (SSSR count). The molecule has 13 heavy (non-hydrogen) atoms. The summed E-state index contributed by atoms with van der Waals surface area (Å²) in [6.45, 7) is 0.418. The van der Waals surface area contributed by atoms with Crippen molar-refractivity contribution >= 4 is 15.9 Å². The molecule has 4 atom stereocenters. The molecule has 4 unspecified atom stereocenters. The van der Waals surface area contributed by atoms with E-state index in [-0.39, 0.29) is 0 Å². The summed E-state index contributed by atoms with van der Waals surface area (Å²) in [6, 6.07) is 0. The maximum atomic E-state index is 9.12. The summed E-state index contributed by atoms with van der Waals surface area (Å²) in [6.07, 6.45) is 8.02. The average Bonchev–Trinajstić information content (AvgIpc) is 2.17. The smallest absolute Gasteiger partial charge is 0.0459 e. The summed E-state index contributed by atoms with van der Waals surface area (Å²) in [5.41, 5.74) is 0. The molecule has 0 aromatic carbocycles. The van der Waals surface area contributed by atoms with Gasteiger partial charge in [0.25, 0.3) is 0 Å². The summed E-state index contributed by atoms with van der Waals surface area (Å²) < 4.78 is 0. The van der Waals surface area contributed by atoms with Crippen molar-refractivity contribution < 1.29 is 5.11 Å². The van der Waals surface area contributed by atoms with E-state index >= 15 is 0 Å². The number of rotatable bonds is 1. The maximum absolute atomic E-state index is 9.12. The molecule has 0 bridgehead atoms. The molecule has 0 aromatic heterocycles. The predicted octanol–water partition coefficient (Wildman–Crippen LogP) is 2.96. The van der Waals surface area contributed by atoms with E-state index in [1.165, 1.54) is 38.5 Å². The van der Waals surface area contributed by atoms with Crippen LogP contribution in [-0.2, 0) is 0 Å². The van der Waals surface area contributed by atoms with Gasteiger partial charge < -0.3 is 5.11 Å². The quantitative estimate of drug-likeness (QED) is 0.706. The average molecular weight is 247 g/mol. The van der Waals surface area contributed by atoms with E-state index in [0.29, 0.717) is 12.5 Å². The summed E-state index contributed by atoms with van der Waals surface area (Å²) in [4.78, 5) is 0.777. The van der Waals surface area contributed by atoms with E-state index in [1.54, 1.807) is 0 Å². The Hall–Kier alpha value is 0.440. The second kappa shape index (κ2) is 4.31. The molecule has 1 nitrogen and oxygen atoms in total. The van der Waals surface area contributed by atoms with Gasteiger partial charge in [0.05, 0.1) is 0 Å². The molecule has 0 amide bonds. The third-order valence-electron chi connectivity index (χ3n) is 3.92. The van der Waals surface area contributed by atoms with E-state index in [2.05, 4.69) is 15.9 Å². The topological polar surface area (TPSA) is 20.2 Å².